The fraction of sp³-hybridized carbons (Fsp3) is 0.118. The molecule has 5 heteroatoms. The van der Waals surface area contributed by atoms with Gasteiger partial charge in [0.1, 0.15) is 0 Å². The maximum absolute atomic E-state index is 6.13. The molecule has 0 amide bonds. The van der Waals surface area contributed by atoms with Crippen LogP contribution in [-0.4, -0.2) is 6.79 Å². The van der Waals surface area contributed by atoms with Crippen LogP contribution in [0.25, 0.3) is 22.1 Å². The molecule has 0 aliphatic carbocycles. The molecule has 3 nitrogen and oxygen atoms in total. The van der Waals surface area contributed by atoms with E-state index in [1.54, 1.807) is 12.1 Å². The van der Waals surface area contributed by atoms with Gasteiger partial charge in [-0.3, -0.25) is 0 Å². The average molecular weight is 334 g/mol. The van der Waals surface area contributed by atoms with Crippen LogP contribution in [0.1, 0.15) is 5.76 Å². The number of aryl methyl sites for hydroxylation is 1. The van der Waals surface area contributed by atoms with Gasteiger partial charge in [-0.05, 0) is 24.3 Å². The first-order valence-corrected chi connectivity index (χ1v) is 7.50. The van der Waals surface area contributed by atoms with E-state index in [2.05, 4.69) is 0 Å². The average Bonchev–Trinajstić information content (AvgIpc) is 2.94. The van der Waals surface area contributed by atoms with Gasteiger partial charge in [0, 0.05) is 17.5 Å². The number of fused-ring (bicyclic) bond motifs is 2. The van der Waals surface area contributed by atoms with Crippen LogP contribution in [0.3, 0.4) is 0 Å². The molecule has 2 aromatic carbocycles. The molecule has 0 saturated heterocycles. The zero-order valence-corrected chi connectivity index (χ0v) is 13.2. The van der Waals surface area contributed by atoms with Gasteiger partial charge >= 0.3 is 11.5 Å². The fourth-order valence-electron chi connectivity index (χ4n) is 2.59. The summed E-state index contributed by atoms with van der Waals surface area (Å²) in [7, 11) is 0. The second-order valence-electron chi connectivity index (χ2n) is 5.11. The zero-order valence-electron chi connectivity index (χ0n) is 11.7. The van der Waals surface area contributed by atoms with Gasteiger partial charge in [-0.25, -0.2) is 4.42 Å². The van der Waals surface area contributed by atoms with Crippen LogP contribution in [0.5, 0.6) is 11.5 Å². The molecule has 2 heterocycles. The van der Waals surface area contributed by atoms with E-state index in [4.69, 9.17) is 37.1 Å². The van der Waals surface area contributed by atoms with Crippen LogP contribution in [-0.2, 0) is 0 Å². The Balaban J connectivity index is 2.01. The Morgan fingerprint density at radius 1 is 0.955 bits per heavy atom. The summed E-state index contributed by atoms with van der Waals surface area (Å²) in [6.07, 6.45) is 0. The highest BCUT2D eigenvalue weighted by atomic mass is 35.5. The maximum Gasteiger partial charge on any atom is 0.368 e. The van der Waals surface area contributed by atoms with Crippen LogP contribution < -0.4 is 9.47 Å². The highest BCUT2D eigenvalue weighted by Gasteiger charge is 2.24. The molecule has 110 valence electrons. The first-order chi connectivity index (χ1) is 10.6. The number of hydrogen-bond acceptors (Lipinski definition) is 2. The summed E-state index contributed by atoms with van der Waals surface area (Å²) in [4.78, 5) is 0. The third-order valence-electron chi connectivity index (χ3n) is 3.59. The van der Waals surface area contributed by atoms with Crippen molar-refractivity contribution >= 4 is 34.0 Å². The molecule has 0 radical (unpaired) electrons. The molecule has 0 unspecified atom stereocenters. The van der Waals surface area contributed by atoms with Crippen LogP contribution >= 0.6 is 23.2 Å². The standard InChI is InChI=1S/C17H11Cl2O3/c1-9-4-11-6-15-16(21-8-20-15)7-12(11)17(22-9)10-2-3-13(18)14(19)5-10/h2-7H,8H2,1H3/q+1. The van der Waals surface area contributed by atoms with Crippen molar-refractivity contribution in [2.24, 2.45) is 0 Å². The molecule has 0 N–H and O–H groups in total. The molecule has 1 aromatic heterocycles. The first-order valence-electron chi connectivity index (χ1n) is 6.74. The molecule has 1 aliphatic heterocycles. The number of ether oxygens (including phenoxy) is 2. The zero-order chi connectivity index (χ0) is 15.3. The fourth-order valence-corrected chi connectivity index (χ4v) is 2.89. The van der Waals surface area contributed by atoms with Crippen LogP contribution in [0.2, 0.25) is 10.0 Å². The summed E-state index contributed by atoms with van der Waals surface area (Å²) in [6, 6.07) is 11.3. The third kappa shape index (κ3) is 2.18. The van der Waals surface area contributed by atoms with Crippen molar-refractivity contribution in [2.45, 2.75) is 6.92 Å². The van der Waals surface area contributed by atoms with Crippen molar-refractivity contribution < 1.29 is 13.9 Å². The van der Waals surface area contributed by atoms with E-state index in [-0.39, 0.29) is 6.79 Å². The lowest BCUT2D eigenvalue weighted by Gasteiger charge is -2.02. The predicted molar refractivity (Wildman–Crippen MR) is 86.9 cm³/mol. The van der Waals surface area contributed by atoms with E-state index >= 15 is 0 Å². The SMILES string of the molecule is Cc1cc2cc3c(cc2c(-c2ccc(Cl)c(Cl)c2)[o+]1)OCO3. The van der Waals surface area contributed by atoms with Gasteiger partial charge in [-0.1, -0.05) is 23.2 Å². The topological polar surface area (TPSA) is 29.8 Å². The molecular weight excluding hydrogens is 323 g/mol. The van der Waals surface area contributed by atoms with E-state index in [0.717, 1.165) is 33.6 Å². The van der Waals surface area contributed by atoms with Crippen molar-refractivity contribution in [2.75, 3.05) is 6.79 Å². The van der Waals surface area contributed by atoms with Gasteiger partial charge in [0.15, 0.2) is 11.5 Å². The minimum atomic E-state index is 0.240. The molecule has 0 atom stereocenters. The number of benzene rings is 2. The van der Waals surface area contributed by atoms with Gasteiger partial charge in [0.2, 0.25) is 6.79 Å². The Hall–Kier alpha value is -1.97. The van der Waals surface area contributed by atoms with Crippen molar-refractivity contribution in [3.63, 3.8) is 0 Å². The Bertz CT molecular complexity index is 906. The maximum atomic E-state index is 6.13. The van der Waals surface area contributed by atoms with Crippen LogP contribution in [0.4, 0.5) is 0 Å². The Labute approximate surface area is 137 Å². The molecule has 3 aromatic rings. The quantitative estimate of drug-likeness (QED) is 0.533. The second kappa shape index (κ2) is 5.04. The number of halogens is 2. The van der Waals surface area contributed by atoms with E-state index in [1.807, 2.05) is 31.2 Å². The van der Waals surface area contributed by atoms with E-state index in [1.165, 1.54) is 0 Å². The van der Waals surface area contributed by atoms with Gasteiger partial charge in [0.05, 0.1) is 27.9 Å². The highest BCUT2D eigenvalue weighted by Crippen LogP contribution is 2.41. The van der Waals surface area contributed by atoms with E-state index in [9.17, 15) is 0 Å². The molecule has 22 heavy (non-hydrogen) atoms. The summed E-state index contributed by atoms with van der Waals surface area (Å²) in [5, 5.41) is 2.96. The second-order valence-corrected chi connectivity index (χ2v) is 5.92. The minimum Gasteiger partial charge on any atom is -0.454 e. The summed E-state index contributed by atoms with van der Waals surface area (Å²) in [5.74, 6) is 2.99. The normalized spacial score (nSPS) is 12.9. The first kappa shape index (κ1) is 13.7. The lowest BCUT2D eigenvalue weighted by molar-refractivity contribution is 0.174. The molecule has 0 fully saturated rings. The lowest BCUT2D eigenvalue weighted by atomic mass is 10.0. The van der Waals surface area contributed by atoms with E-state index in [0.29, 0.717) is 15.8 Å². The monoisotopic (exact) mass is 333 g/mol. The molecule has 0 saturated carbocycles. The highest BCUT2D eigenvalue weighted by molar-refractivity contribution is 6.42. The molecule has 0 bridgehead atoms. The summed E-state index contributed by atoms with van der Waals surface area (Å²) in [6.45, 7) is 2.15. The molecule has 1 aliphatic rings. The summed E-state index contributed by atoms with van der Waals surface area (Å²) < 4.78 is 16.8. The summed E-state index contributed by atoms with van der Waals surface area (Å²) in [5.41, 5.74) is 0.863. The van der Waals surface area contributed by atoms with Gasteiger partial charge in [-0.2, -0.15) is 0 Å². The molecule has 4 rings (SSSR count). The number of hydrogen-bond donors (Lipinski definition) is 0. The van der Waals surface area contributed by atoms with Gasteiger partial charge in [0.25, 0.3) is 0 Å². The van der Waals surface area contributed by atoms with Crippen LogP contribution in [0, 0.1) is 6.92 Å². The number of rotatable bonds is 1. The Morgan fingerprint density at radius 3 is 2.50 bits per heavy atom. The van der Waals surface area contributed by atoms with Gasteiger partial charge in [-0.15, -0.1) is 0 Å². The van der Waals surface area contributed by atoms with Crippen molar-refractivity contribution in [3.05, 3.63) is 52.2 Å². The van der Waals surface area contributed by atoms with Gasteiger partial charge < -0.3 is 9.47 Å². The largest absolute Gasteiger partial charge is 0.454 e. The molecular formula is C17H11Cl2O3+. The smallest absolute Gasteiger partial charge is 0.368 e. The van der Waals surface area contributed by atoms with Crippen LogP contribution in [0.15, 0.2) is 40.8 Å². The third-order valence-corrected chi connectivity index (χ3v) is 4.33. The van der Waals surface area contributed by atoms with Crippen molar-refractivity contribution in [3.8, 4) is 22.8 Å². The molecule has 0 spiro atoms. The summed E-state index contributed by atoms with van der Waals surface area (Å²) >= 11 is 12.1. The Kier molecular flexibility index (Phi) is 3.13. The Morgan fingerprint density at radius 2 is 1.73 bits per heavy atom. The van der Waals surface area contributed by atoms with E-state index < -0.39 is 0 Å². The minimum absolute atomic E-state index is 0.240. The van der Waals surface area contributed by atoms with Crippen molar-refractivity contribution in [1.82, 2.24) is 0 Å². The predicted octanol–water partition coefficient (Wildman–Crippen LogP) is 5.72. The van der Waals surface area contributed by atoms with Crippen molar-refractivity contribution in [1.29, 1.82) is 0 Å². The lowest BCUT2D eigenvalue weighted by Crippen LogP contribution is -1.92.